The van der Waals surface area contributed by atoms with Gasteiger partial charge in [0.2, 0.25) is 11.8 Å². The van der Waals surface area contributed by atoms with E-state index >= 15 is 4.39 Å². The fraction of sp³-hybridized carbons (Fsp3) is 0.438. The number of amides is 3. The first-order chi connectivity index (χ1) is 29.8. The molecule has 3 fully saturated rings. The van der Waals surface area contributed by atoms with Gasteiger partial charge < -0.3 is 24.6 Å². The molecule has 0 aliphatic carbocycles. The van der Waals surface area contributed by atoms with E-state index in [1.165, 1.54) is 11.9 Å². The van der Waals surface area contributed by atoms with Crippen LogP contribution in [0, 0.1) is 18.7 Å². The Labute approximate surface area is 360 Å². The maximum absolute atomic E-state index is 16.3. The minimum Gasteiger partial charge on any atom is -0.371 e. The van der Waals surface area contributed by atoms with Crippen molar-refractivity contribution in [2.45, 2.75) is 96.4 Å². The van der Waals surface area contributed by atoms with E-state index < -0.39 is 17.8 Å². The molecule has 2 atom stereocenters. The van der Waals surface area contributed by atoms with Gasteiger partial charge >= 0.3 is 11.8 Å². The number of halogens is 1. The summed E-state index contributed by atoms with van der Waals surface area (Å²) in [6.45, 7) is 14.6. The van der Waals surface area contributed by atoms with Crippen LogP contribution in [0.15, 0.2) is 65.4 Å². The Morgan fingerprint density at radius 2 is 1.69 bits per heavy atom. The predicted octanol–water partition coefficient (Wildman–Crippen LogP) is 8.01. The topological polar surface area (TPSA) is 162 Å². The number of fused-ring (bicyclic) bond motifs is 3. The average Bonchev–Trinajstić information content (AvgIpc) is 3.92. The fourth-order valence-corrected chi connectivity index (χ4v) is 9.63. The van der Waals surface area contributed by atoms with Crippen LogP contribution in [0.25, 0.3) is 33.2 Å². The van der Waals surface area contributed by atoms with Crippen molar-refractivity contribution in [2.75, 3.05) is 37.6 Å². The van der Waals surface area contributed by atoms with E-state index in [-0.39, 0.29) is 29.0 Å². The third-order valence-corrected chi connectivity index (χ3v) is 13.3. The van der Waals surface area contributed by atoms with Crippen LogP contribution in [0.2, 0.25) is 0 Å². The number of likely N-dealkylation sites (tertiary alicyclic amines) is 1. The first-order valence-electron chi connectivity index (χ1n) is 21.9. The molecular weight excluding hydrogens is 786 g/mol. The number of carbonyl (C=O) groups excluding carboxylic acids is 3. The van der Waals surface area contributed by atoms with Crippen molar-refractivity contribution in [1.29, 1.82) is 0 Å². The number of rotatable bonds is 9. The van der Waals surface area contributed by atoms with E-state index in [1.54, 1.807) is 19.9 Å². The molecule has 0 saturated carbocycles. The highest BCUT2D eigenvalue weighted by Crippen LogP contribution is 2.38. The number of nitrogens with zero attached hydrogens (tertiary/aromatic N) is 6. The monoisotopic (exact) mass is 839 g/mol. The lowest BCUT2D eigenvalue weighted by Gasteiger charge is -2.38. The van der Waals surface area contributed by atoms with Crippen LogP contribution in [-0.2, 0) is 15.0 Å². The summed E-state index contributed by atoms with van der Waals surface area (Å²) in [5, 5.41) is 11.0. The molecule has 322 valence electrons. The van der Waals surface area contributed by atoms with Crippen LogP contribution in [0.5, 0.6) is 0 Å². The molecule has 3 N–H and O–H groups in total. The van der Waals surface area contributed by atoms with Gasteiger partial charge in [0.1, 0.15) is 17.8 Å². The molecule has 9 rings (SSSR count). The lowest BCUT2D eigenvalue weighted by molar-refractivity contribution is -0.134. The van der Waals surface area contributed by atoms with Crippen LogP contribution in [0.3, 0.4) is 0 Å². The molecule has 3 aromatic carbocycles. The molecule has 3 saturated heterocycles. The Balaban J connectivity index is 0.813. The summed E-state index contributed by atoms with van der Waals surface area (Å²) in [7, 11) is 0. The van der Waals surface area contributed by atoms with Gasteiger partial charge in [-0.15, -0.1) is 0 Å². The standard InChI is InChI=1S/C48H54FN9O4/c1-27-34(28(2)52-45(61)46-55-47(56-62-46)48(3,4)5)12-13-37(41(27)49)42-40-36-11-10-33(24-38(36)53-43(40)51-26-50-42)58-22-16-29(17-23-58)25-57-20-18-31(19-21-57)30-6-8-32(9-7-30)35-14-15-39(59)54-44(35)60/h6-13,24,26,28-29,31,35H,14-23,25H2,1-5H3,(H,52,61)(H,50,51,53)(H,54,59,60)/t28-,35?/m1/s1. The van der Waals surface area contributed by atoms with Crippen molar-refractivity contribution < 1.29 is 23.3 Å². The Hall–Kier alpha value is -6.02. The molecule has 62 heavy (non-hydrogen) atoms. The van der Waals surface area contributed by atoms with Gasteiger partial charge in [-0.05, 0) is 111 Å². The van der Waals surface area contributed by atoms with Gasteiger partial charge in [0.05, 0.1) is 23.0 Å². The number of aromatic nitrogens is 5. The summed E-state index contributed by atoms with van der Waals surface area (Å²) in [6, 6.07) is 18.0. The number of carbonyl (C=O) groups is 3. The number of hydrogen-bond acceptors (Lipinski definition) is 10. The van der Waals surface area contributed by atoms with Gasteiger partial charge in [-0.25, -0.2) is 14.4 Å². The lowest BCUT2D eigenvalue weighted by atomic mass is 9.85. The molecule has 0 spiro atoms. The minimum atomic E-state index is -0.526. The molecular formula is C48H54FN9O4. The highest BCUT2D eigenvalue weighted by atomic mass is 19.1. The molecule has 0 bridgehead atoms. The van der Waals surface area contributed by atoms with Crippen molar-refractivity contribution in [3.05, 3.63) is 101 Å². The number of anilines is 1. The van der Waals surface area contributed by atoms with Gasteiger partial charge in [0.15, 0.2) is 5.82 Å². The van der Waals surface area contributed by atoms with Gasteiger partial charge in [0, 0.05) is 53.6 Å². The normalized spacial score (nSPS) is 19.0. The Morgan fingerprint density at radius 3 is 2.40 bits per heavy atom. The van der Waals surface area contributed by atoms with Crippen molar-refractivity contribution in [2.24, 2.45) is 5.92 Å². The van der Waals surface area contributed by atoms with E-state index in [0.717, 1.165) is 85.9 Å². The number of aromatic amines is 1. The fourth-order valence-electron chi connectivity index (χ4n) is 9.63. The van der Waals surface area contributed by atoms with Crippen molar-refractivity contribution in [3.8, 4) is 11.3 Å². The van der Waals surface area contributed by atoms with E-state index in [9.17, 15) is 14.4 Å². The molecule has 14 heteroatoms. The number of nitrogens with one attached hydrogen (secondary N) is 3. The molecule has 6 aromatic rings. The zero-order chi connectivity index (χ0) is 43.3. The van der Waals surface area contributed by atoms with Crippen molar-refractivity contribution in [3.63, 3.8) is 0 Å². The lowest BCUT2D eigenvalue weighted by Crippen LogP contribution is -2.41. The largest absolute Gasteiger partial charge is 0.371 e. The Bertz CT molecular complexity index is 2650. The summed E-state index contributed by atoms with van der Waals surface area (Å²) in [5.41, 5.74) is 6.59. The first-order valence-corrected chi connectivity index (χ1v) is 21.9. The number of imide groups is 1. The van der Waals surface area contributed by atoms with Gasteiger partial charge in [-0.1, -0.05) is 62.3 Å². The van der Waals surface area contributed by atoms with Crippen LogP contribution in [0.1, 0.15) is 123 Å². The number of benzene rings is 3. The van der Waals surface area contributed by atoms with Gasteiger partial charge in [0.25, 0.3) is 0 Å². The number of piperidine rings is 3. The molecule has 13 nitrogen and oxygen atoms in total. The predicted molar refractivity (Wildman–Crippen MR) is 235 cm³/mol. The van der Waals surface area contributed by atoms with E-state index in [4.69, 9.17) is 4.52 Å². The maximum atomic E-state index is 16.3. The van der Waals surface area contributed by atoms with Crippen molar-refractivity contribution in [1.82, 2.24) is 40.6 Å². The minimum absolute atomic E-state index is 0.134. The summed E-state index contributed by atoms with van der Waals surface area (Å²) < 4.78 is 21.6. The second kappa shape index (κ2) is 16.7. The Morgan fingerprint density at radius 1 is 0.952 bits per heavy atom. The Kier molecular flexibility index (Phi) is 11.1. The zero-order valence-corrected chi connectivity index (χ0v) is 36.1. The van der Waals surface area contributed by atoms with E-state index in [1.807, 2.05) is 26.8 Å². The molecule has 3 aromatic heterocycles. The van der Waals surface area contributed by atoms with Crippen molar-refractivity contribution >= 4 is 45.3 Å². The second-order valence-corrected chi connectivity index (χ2v) is 18.5. The highest BCUT2D eigenvalue weighted by Gasteiger charge is 2.30. The van der Waals surface area contributed by atoms with Gasteiger partial charge in [-0.3, -0.25) is 19.7 Å². The quantitative estimate of drug-likeness (QED) is 0.122. The molecule has 3 amide bonds. The summed E-state index contributed by atoms with van der Waals surface area (Å²) >= 11 is 0. The zero-order valence-electron chi connectivity index (χ0n) is 36.1. The van der Waals surface area contributed by atoms with E-state index in [2.05, 4.69) is 88.0 Å². The molecule has 6 heterocycles. The van der Waals surface area contributed by atoms with E-state index in [0.29, 0.717) is 58.5 Å². The average molecular weight is 840 g/mol. The summed E-state index contributed by atoms with van der Waals surface area (Å²) in [5.74, 6) is -0.0561. The number of hydrogen-bond donors (Lipinski definition) is 3. The summed E-state index contributed by atoms with van der Waals surface area (Å²) in [6.07, 6.45) is 6.96. The maximum Gasteiger partial charge on any atom is 0.315 e. The third-order valence-electron chi connectivity index (χ3n) is 13.3. The van der Waals surface area contributed by atoms with Crippen LogP contribution < -0.4 is 15.5 Å². The SMILES string of the molecule is Cc1c([C@@H](C)NC(=O)c2nc(C(C)(C)C)no2)ccc(-c2ncnc3[nH]c4cc(N5CCC(CN6CCC(c7ccc(C8CCC(=O)NC8=O)cc7)CC6)CC5)ccc4c23)c1F. The molecule has 3 aliphatic heterocycles. The number of H-pyrrole nitrogens is 1. The van der Waals surface area contributed by atoms with Gasteiger partial charge in [-0.2, -0.15) is 4.98 Å². The molecule has 0 radical (unpaired) electrons. The van der Waals surface area contributed by atoms with Crippen LogP contribution in [-0.4, -0.2) is 80.4 Å². The highest BCUT2D eigenvalue weighted by molar-refractivity contribution is 6.12. The first kappa shape index (κ1) is 41.3. The van der Waals surface area contributed by atoms with Crippen LogP contribution in [0.4, 0.5) is 10.1 Å². The molecule has 3 aliphatic rings. The second-order valence-electron chi connectivity index (χ2n) is 18.5. The van der Waals surface area contributed by atoms with Crippen LogP contribution >= 0.6 is 0 Å². The molecule has 1 unspecified atom stereocenters. The smallest absolute Gasteiger partial charge is 0.315 e. The third kappa shape index (κ3) is 8.19. The summed E-state index contributed by atoms with van der Waals surface area (Å²) in [4.78, 5) is 58.8.